The Morgan fingerprint density at radius 2 is 1.81 bits per heavy atom. The van der Waals surface area contributed by atoms with Crippen molar-refractivity contribution in [2.45, 2.75) is 64.8 Å². The van der Waals surface area contributed by atoms with Crippen molar-refractivity contribution in [1.82, 2.24) is 10.2 Å². The number of piperazine rings is 1. The van der Waals surface area contributed by atoms with Gasteiger partial charge in [-0.15, -0.1) is 0 Å². The SMILES string of the molecule is CCCCCCCOc1ccc(NC(=O)CN2CCNC(=O)C2CC(=O)OCCC)cc1. The number of esters is 1. The molecule has 2 N–H and O–H groups in total. The van der Waals surface area contributed by atoms with Gasteiger partial charge in [0.15, 0.2) is 0 Å². The van der Waals surface area contributed by atoms with Gasteiger partial charge < -0.3 is 20.1 Å². The third kappa shape index (κ3) is 9.26. The van der Waals surface area contributed by atoms with Crippen LogP contribution in [0.3, 0.4) is 0 Å². The third-order valence-electron chi connectivity index (χ3n) is 5.27. The highest BCUT2D eigenvalue weighted by Crippen LogP contribution is 2.17. The maximum Gasteiger partial charge on any atom is 0.307 e. The molecule has 2 rings (SSSR count). The molecule has 1 fully saturated rings. The Hall–Kier alpha value is -2.61. The largest absolute Gasteiger partial charge is 0.494 e. The summed E-state index contributed by atoms with van der Waals surface area (Å²) in [6.07, 6.45) is 6.60. The smallest absolute Gasteiger partial charge is 0.307 e. The van der Waals surface area contributed by atoms with Crippen LogP contribution in [0.1, 0.15) is 58.8 Å². The molecule has 0 aliphatic carbocycles. The highest BCUT2D eigenvalue weighted by atomic mass is 16.5. The van der Waals surface area contributed by atoms with Crippen LogP contribution in [0.5, 0.6) is 5.75 Å². The van der Waals surface area contributed by atoms with Gasteiger partial charge in [0.25, 0.3) is 0 Å². The molecule has 1 aromatic carbocycles. The van der Waals surface area contributed by atoms with Gasteiger partial charge in [0.2, 0.25) is 11.8 Å². The summed E-state index contributed by atoms with van der Waals surface area (Å²) in [6, 6.07) is 6.57. The molecule has 32 heavy (non-hydrogen) atoms. The van der Waals surface area contributed by atoms with E-state index in [0.717, 1.165) is 18.6 Å². The van der Waals surface area contributed by atoms with Gasteiger partial charge in [0, 0.05) is 18.8 Å². The molecule has 1 unspecified atom stereocenters. The minimum atomic E-state index is -0.702. The predicted octanol–water partition coefficient (Wildman–Crippen LogP) is 3.12. The first-order chi connectivity index (χ1) is 15.5. The lowest BCUT2D eigenvalue weighted by molar-refractivity contribution is -0.148. The summed E-state index contributed by atoms with van der Waals surface area (Å²) < 4.78 is 10.8. The van der Waals surface area contributed by atoms with E-state index >= 15 is 0 Å². The van der Waals surface area contributed by atoms with Crippen molar-refractivity contribution in [1.29, 1.82) is 0 Å². The van der Waals surface area contributed by atoms with Crippen molar-refractivity contribution in [2.75, 3.05) is 38.2 Å². The number of nitrogens with one attached hydrogen (secondary N) is 2. The topological polar surface area (TPSA) is 97.0 Å². The summed E-state index contributed by atoms with van der Waals surface area (Å²) in [6.45, 7) is 6.08. The second-order valence-corrected chi connectivity index (χ2v) is 8.04. The molecule has 1 aliphatic rings. The van der Waals surface area contributed by atoms with Gasteiger partial charge in [0.1, 0.15) is 11.8 Å². The van der Waals surface area contributed by atoms with Crippen LogP contribution in [0.4, 0.5) is 5.69 Å². The van der Waals surface area contributed by atoms with Gasteiger partial charge in [0.05, 0.1) is 26.2 Å². The number of anilines is 1. The van der Waals surface area contributed by atoms with E-state index in [9.17, 15) is 14.4 Å². The first kappa shape index (κ1) is 25.6. The van der Waals surface area contributed by atoms with Gasteiger partial charge in [-0.3, -0.25) is 19.3 Å². The Kier molecular flexibility index (Phi) is 11.6. The zero-order valence-corrected chi connectivity index (χ0v) is 19.4. The highest BCUT2D eigenvalue weighted by molar-refractivity contribution is 5.93. The Labute approximate surface area is 191 Å². The maximum absolute atomic E-state index is 12.5. The van der Waals surface area contributed by atoms with Crippen molar-refractivity contribution < 1.29 is 23.9 Å². The van der Waals surface area contributed by atoms with Crippen molar-refractivity contribution in [2.24, 2.45) is 0 Å². The summed E-state index contributed by atoms with van der Waals surface area (Å²) in [7, 11) is 0. The van der Waals surface area contributed by atoms with Crippen LogP contribution >= 0.6 is 0 Å². The van der Waals surface area contributed by atoms with Gasteiger partial charge in [-0.25, -0.2) is 0 Å². The molecular formula is C24H37N3O5. The molecule has 0 aromatic heterocycles. The van der Waals surface area contributed by atoms with E-state index < -0.39 is 12.0 Å². The number of carbonyl (C=O) groups is 3. The number of benzene rings is 1. The van der Waals surface area contributed by atoms with Crippen molar-refractivity contribution in [3.63, 3.8) is 0 Å². The number of unbranched alkanes of at least 4 members (excludes halogenated alkanes) is 4. The fourth-order valence-corrected chi connectivity index (χ4v) is 3.52. The van der Waals surface area contributed by atoms with Crippen molar-refractivity contribution >= 4 is 23.5 Å². The van der Waals surface area contributed by atoms with E-state index in [1.165, 1.54) is 25.7 Å². The zero-order chi connectivity index (χ0) is 23.2. The molecule has 178 valence electrons. The number of hydrogen-bond donors (Lipinski definition) is 2. The lowest BCUT2D eigenvalue weighted by Crippen LogP contribution is -2.57. The van der Waals surface area contributed by atoms with E-state index in [1.54, 1.807) is 17.0 Å². The summed E-state index contributed by atoms with van der Waals surface area (Å²) in [5.74, 6) is -0.151. The molecule has 1 saturated heterocycles. The van der Waals surface area contributed by atoms with E-state index in [0.29, 0.717) is 32.0 Å². The maximum atomic E-state index is 12.5. The normalized spacial score (nSPS) is 16.3. The third-order valence-corrected chi connectivity index (χ3v) is 5.27. The lowest BCUT2D eigenvalue weighted by atomic mass is 10.1. The van der Waals surface area contributed by atoms with Crippen molar-refractivity contribution in [3.8, 4) is 5.75 Å². The van der Waals surface area contributed by atoms with Gasteiger partial charge >= 0.3 is 5.97 Å². The minimum Gasteiger partial charge on any atom is -0.494 e. The molecule has 0 saturated carbocycles. The van der Waals surface area contributed by atoms with E-state index in [-0.39, 0.29) is 24.8 Å². The van der Waals surface area contributed by atoms with Crippen molar-refractivity contribution in [3.05, 3.63) is 24.3 Å². The molecule has 0 bridgehead atoms. The number of hydrogen-bond acceptors (Lipinski definition) is 6. The van der Waals surface area contributed by atoms with Crippen LogP contribution in [0.2, 0.25) is 0 Å². The molecule has 1 heterocycles. The quantitative estimate of drug-likeness (QED) is 0.336. The van der Waals surface area contributed by atoms with Crippen LogP contribution in [0.25, 0.3) is 0 Å². The predicted molar refractivity (Wildman–Crippen MR) is 124 cm³/mol. The van der Waals surface area contributed by atoms with Crippen LogP contribution in [0, 0.1) is 0 Å². The summed E-state index contributed by atoms with van der Waals surface area (Å²) in [4.78, 5) is 38.5. The molecular weight excluding hydrogens is 410 g/mol. The lowest BCUT2D eigenvalue weighted by Gasteiger charge is -2.33. The Morgan fingerprint density at radius 1 is 1.06 bits per heavy atom. The Balaban J connectivity index is 1.79. The standard InChI is InChI=1S/C24H37N3O5/c1-3-5-6-7-8-16-31-20-11-9-19(10-12-20)26-22(28)18-27-14-13-25-24(30)21(27)17-23(29)32-15-4-2/h9-12,21H,3-8,13-18H2,1-2H3,(H,25,30)(H,26,28). The Morgan fingerprint density at radius 3 is 2.53 bits per heavy atom. The molecule has 8 nitrogen and oxygen atoms in total. The van der Waals surface area contributed by atoms with Gasteiger partial charge in [-0.2, -0.15) is 0 Å². The summed E-state index contributed by atoms with van der Waals surface area (Å²) >= 11 is 0. The molecule has 0 spiro atoms. The van der Waals surface area contributed by atoms with Gasteiger partial charge in [-0.1, -0.05) is 39.5 Å². The molecule has 2 amide bonds. The van der Waals surface area contributed by atoms with E-state index in [1.807, 2.05) is 19.1 Å². The number of carbonyl (C=O) groups excluding carboxylic acids is 3. The fraction of sp³-hybridized carbons (Fsp3) is 0.625. The van der Waals surface area contributed by atoms with E-state index in [4.69, 9.17) is 9.47 Å². The second kappa shape index (κ2) is 14.5. The average molecular weight is 448 g/mol. The molecule has 1 aromatic rings. The second-order valence-electron chi connectivity index (χ2n) is 8.04. The Bertz CT molecular complexity index is 723. The molecule has 8 heteroatoms. The monoisotopic (exact) mass is 447 g/mol. The van der Waals surface area contributed by atoms with E-state index in [2.05, 4.69) is 17.6 Å². The number of nitrogens with zero attached hydrogens (tertiary/aromatic N) is 1. The molecule has 0 radical (unpaired) electrons. The van der Waals surface area contributed by atoms with Gasteiger partial charge in [-0.05, 0) is 37.1 Å². The summed E-state index contributed by atoms with van der Waals surface area (Å²) in [5.41, 5.74) is 0.658. The number of ether oxygens (including phenoxy) is 2. The molecule has 1 atom stereocenters. The first-order valence-electron chi connectivity index (χ1n) is 11.7. The minimum absolute atomic E-state index is 0.0230. The zero-order valence-electron chi connectivity index (χ0n) is 19.4. The van der Waals surface area contributed by atoms with Crippen LogP contribution in [-0.2, 0) is 19.1 Å². The number of amides is 2. The fourth-order valence-electron chi connectivity index (χ4n) is 3.52. The van der Waals surface area contributed by atoms with Crippen LogP contribution in [0.15, 0.2) is 24.3 Å². The summed E-state index contributed by atoms with van der Waals surface area (Å²) in [5, 5.41) is 5.60. The average Bonchev–Trinajstić information content (AvgIpc) is 2.78. The van der Waals surface area contributed by atoms with Crippen LogP contribution < -0.4 is 15.4 Å². The highest BCUT2D eigenvalue weighted by Gasteiger charge is 2.33. The number of rotatable bonds is 14. The first-order valence-corrected chi connectivity index (χ1v) is 11.7. The molecule has 1 aliphatic heterocycles. The van der Waals surface area contributed by atoms with Crippen LogP contribution in [-0.4, -0.2) is 61.6 Å².